The second-order valence-corrected chi connectivity index (χ2v) is 6.39. The lowest BCUT2D eigenvalue weighted by Crippen LogP contribution is -2.54. The van der Waals surface area contributed by atoms with E-state index in [4.69, 9.17) is 0 Å². The molecule has 0 bridgehead atoms. The Labute approximate surface area is 150 Å². The Morgan fingerprint density at radius 2 is 1.96 bits per heavy atom. The molecule has 8 nitrogen and oxygen atoms in total. The Hall–Kier alpha value is -3.03. The lowest BCUT2D eigenvalue weighted by atomic mass is 10.0. The zero-order chi connectivity index (χ0) is 19.0. The van der Waals surface area contributed by atoms with Crippen molar-refractivity contribution in [2.45, 2.75) is 38.8 Å². The second-order valence-electron chi connectivity index (χ2n) is 6.39. The summed E-state index contributed by atoms with van der Waals surface area (Å²) in [7, 11) is 1.63. The highest BCUT2D eigenvalue weighted by atomic mass is 16.2. The first kappa shape index (κ1) is 17.8. The van der Waals surface area contributed by atoms with Crippen molar-refractivity contribution < 1.29 is 24.0 Å². The van der Waals surface area contributed by atoms with Crippen LogP contribution >= 0.6 is 0 Å². The van der Waals surface area contributed by atoms with Gasteiger partial charge in [-0.3, -0.25) is 34.2 Å². The minimum absolute atomic E-state index is 0.0738. The summed E-state index contributed by atoms with van der Waals surface area (Å²) in [5.74, 6) is -2.25. The lowest BCUT2D eigenvalue weighted by molar-refractivity contribution is -0.136. The predicted molar refractivity (Wildman–Crippen MR) is 89.9 cm³/mol. The van der Waals surface area contributed by atoms with Crippen molar-refractivity contribution >= 4 is 29.5 Å². The molecule has 2 aliphatic rings. The summed E-state index contributed by atoms with van der Waals surface area (Å²) in [4.78, 5) is 63.3. The van der Waals surface area contributed by atoms with Gasteiger partial charge in [-0.25, -0.2) is 0 Å². The number of amides is 5. The number of benzene rings is 1. The van der Waals surface area contributed by atoms with Crippen LogP contribution in [0.25, 0.3) is 0 Å². The zero-order valence-corrected chi connectivity index (χ0v) is 14.6. The number of hydrogen-bond donors (Lipinski definition) is 1. The topological polar surface area (TPSA) is 104 Å². The fourth-order valence-corrected chi connectivity index (χ4v) is 3.33. The number of imide groups is 2. The fraction of sp³-hybridized carbons (Fsp3) is 0.389. The number of rotatable bonds is 4. The van der Waals surface area contributed by atoms with Gasteiger partial charge in [-0.1, -0.05) is 19.1 Å². The van der Waals surface area contributed by atoms with E-state index in [1.165, 1.54) is 11.0 Å². The third-order valence-corrected chi connectivity index (χ3v) is 4.69. The van der Waals surface area contributed by atoms with Gasteiger partial charge >= 0.3 is 0 Å². The molecule has 2 heterocycles. The highest BCUT2D eigenvalue weighted by Crippen LogP contribution is 2.30. The average molecular weight is 357 g/mol. The normalized spacial score (nSPS) is 19.5. The Morgan fingerprint density at radius 3 is 2.62 bits per heavy atom. The molecule has 136 valence electrons. The first-order valence-electron chi connectivity index (χ1n) is 8.42. The Morgan fingerprint density at radius 1 is 1.23 bits per heavy atom. The second kappa shape index (κ2) is 6.70. The molecule has 0 radical (unpaired) electrons. The van der Waals surface area contributed by atoms with Crippen LogP contribution in [0.2, 0.25) is 0 Å². The third-order valence-electron chi connectivity index (χ3n) is 4.69. The molecular weight excluding hydrogens is 338 g/mol. The van der Waals surface area contributed by atoms with Crippen LogP contribution in [0.1, 0.15) is 52.5 Å². The van der Waals surface area contributed by atoms with Crippen LogP contribution in [0, 0.1) is 0 Å². The van der Waals surface area contributed by atoms with Gasteiger partial charge in [0.15, 0.2) is 0 Å². The van der Waals surface area contributed by atoms with E-state index in [0.29, 0.717) is 12.0 Å². The summed E-state index contributed by atoms with van der Waals surface area (Å²) >= 11 is 0. The smallest absolute Gasteiger partial charge is 0.262 e. The van der Waals surface area contributed by atoms with Crippen molar-refractivity contribution in [1.29, 1.82) is 0 Å². The molecule has 26 heavy (non-hydrogen) atoms. The van der Waals surface area contributed by atoms with Crippen molar-refractivity contribution in [2.24, 2.45) is 0 Å². The molecule has 5 amide bonds. The maximum atomic E-state index is 12.9. The Balaban J connectivity index is 1.93. The standard InChI is InChI=1S/C18H19N3O5/c1-3-14(23)20(2)9-10-5-4-6-11-15(10)18(26)21(17(11)25)12-7-8-13(22)19-16(12)24/h4-6,12H,3,7-9H2,1-2H3,(H,19,22,24). The molecular formula is C18H19N3O5. The maximum absolute atomic E-state index is 12.9. The molecule has 1 N–H and O–H groups in total. The monoisotopic (exact) mass is 357 g/mol. The summed E-state index contributed by atoms with van der Waals surface area (Å²) < 4.78 is 0. The van der Waals surface area contributed by atoms with Crippen molar-refractivity contribution in [3.05, 3.63) is 34.9 Å². The van der Waals surface area contributed by atoms with Crippen molar-refractivity contribution in [2.75, 3.05) is 7.05 Å². The van der Waals surface area contributed by atoms with Crippen LogP contribution in [0.5, 0.6) is 0 Å². The van der Waals surface area contributed by atoms with Gasteiger partial charge in [0.25, 0.3) is 11.8 Å². The van der Waals surface area contributed by atoms with Gasteiger partial charge in [0.05, 0.1) is 11.1 Å². The molecule has 1 unspecified atom stereocenters. The summed E-state index contributed by atoms with van der Waals surface area (Å²) in [5.41, 5.74) is 0.993. The van der Waals surface area contributed by atoms with Gasteiger partial charge < -0.3 is 4.90 Å². The van der Waals surface area contributed by atoms with E-state index in [0.717, 1.165) is 4.90 Å². The number of hydrogen-bond acceptors (Lipinski definition) is 5. The van der Waals surface area contributed by atoms with Gasteiger partial charge in [-0.15, -0.1) is 0 Å². The SMILES string of the molecule is CCC(=O)N(C)Cc1cccc2c1C(=O)N(C1CCC(=O)NC1=O)C2=O. The van der Waals surface area contributed by atoms with E-state index in [1.54, 1.807) is 26.1 Å². The molecule has 2 aliphatic heterocycles. The van der Waals surface area contributed by atoms with Crippen molar-refractivity contribution in [3.8, 4) is 0 Å². The van der Waals surface area contributed by atoms with E-state index in [1.807, 2.05) is 0 Å². The predicted octanol–water partition coefficient (Wildman–Crippen LogP) is 0.456. The minimum Gasteiger partial charge on any atom is -0.341 e. The minimum atomic E-state index is -0.997. The zero-order valence-electron chi connectivity index (χ0n) is 14.6. The largest absolute Gasteiger partial charge is 0.341 e. The summed E-state index contributed by atoms with van der Waals surface area (Å²) in [6.45, 7) is 1.94. The molecule has 3 rings (SSSR count). The first-order valence-corrected chi connectivity index (χ1v) is 8.42. The highest BCUT2D eigenvalue weighted by Gasteiger charge is 2.45. The fourth-order valence-electron chi connectivity index (χ4n) is 3.33. The number of piperidine rings is 1. The maximum Gasteiger partial charge on any atom is 0.262 e. The van der Waals surface area contributed by atoms with Gasteiger partial charge in [0, 0.05) is 26.4 Å². The summed E-state index contributed by atoms with van der Waals surface area (Å²) in [5, 5.41) is 2.17. The quantitative estimate of drug-likeness (QED) is 0.788. The first-order chi connectivity index (χ1) is 12.3. The number of fused-ring (bicyclic) bond motifs is 1. The summed E-state index contributed by atoms with van der Waals surface area (Å²) in [6.07, 6.45) is 0.519. The average Bonchev–Trinajstić information content (AvgIpc) is 2.86. The van der Waals surface area contributed by atoms with Gasteiger partial charge in [-0.05, 0) is 18.1 Å². The van der Waals surface area contributed by atoms with Gasteiger partial charge in [0.2, 0.25) is 17.7 Å². The molecule has 0 spiro atoms. The van der Waals surface area contributed by atoms with Crippen LogP contribution in [0.4, 0.5) is 0 Å². The Kier molecular flexibility index (Phi) is 4.58. The van der Waals surface area contributed by atoms with Crippen molar-refractivity contribution in [1.82, 2.24) is 15.1 Å². The molecule has 0 aromatic heterocycles. The molecule has 8 heteroatoms. The van der Waals surface area contributed by atoms with E-state index in [9.17, 15) is 24.0 Å². The van der Waals surface area contributed by atoms with Crippen LogP contribution in [-0.2, 0) is 20.9 Å². The van der Waals surface area contributed by atoms with E-state index >= 15 is 0 Å². The van der Waals surface area contributed by atoms with Crippen molar-refractivity contribution in [3.63, 3.8) is 0 Å². The van der Waals surface area contributed by atoms with E-state index < -0.39 is 29.7 Å². The van der Waals surface area contributed by atoms with Crippen LogP contribution in [-0.4, -0.2) is 52.4 Å². The Bertz CT molecular complexity index is 832. The molecule has 1 atom stereocenters. The molecule has 1 fully saturated rings. The van der Waals surface area contributed by atoms with Gasteiger partial charge in [0.1, 0.15) is 6.04 Å². The van der Waals surface area contributed by atoms with Crippen LogP contribution in [0.15, 0.2) is 18.2 Å². The molecule has 0 aliphatic carbocycles. The lowest BCUT2D eigenvalue weighted by Gasteiger charge is -2.28. The number of carbonyl (C=O) groups excluding carboxylic acids is 5. The number of nitrogens with zero attached hydrogens (tertiary/aromatic N) is 2. The molecule has 1 aromatic carbocycles. The van der Waals surface area contributed by atoms with Crippen LogP contribution < -0.4 is 5.32 Å². The third kappa shape index (κ3) is 2.87. The van der Waals surface area contributed by atoms with E-state index in [-0.39, 0.29) is 36.4 Å². The molecule has 1 saturated heterocycles. The number of nitrogens with one attached hydrogen (secondary N) is 1. The molecule has 0 saturated carbocycles. The highest BCUT2D eigenvalue weighted by molar-refractivity contribution is 6.24. The van der Waals surface area contributed by atoms with E-state index in [2.05, 4.69) is 5.32 Å². The van der Waals surface area contributed by atoms with Gasteiger partial charge in [-0.2, -0.15) is 0 Å². The number of carbonyl (C=O) groups is 5. The summed E-state index contributed by atoms with van der Waals surface area (Å²) in [6, 6.07) is 3.88. The molecule has 1 aromatic rings. The van der Waals surface area contributed by atoms with Crippen LogP contribution in [0.3, 0.4) is 0 Å².